The Bertz CT molecular complexity index is 576. The Morgan fingerprint density at radius 2 is 2.07 bits per heavy atom. The van der Waals surface area contributed by atoms with Gasteiger partial charge >= 0.3 is 0 Å². The van der Waals surface area contributed by atoms with Gasteiger partial charge in [0.05, 0.1) is 13.2 Å². The van der Waals surface area contributed by atoms with Crippen LogP contribution in [0.25, 0.3) is 0 Å². The molecule has 2 N–H and O–H groups in total. The van der Waals surface area contributed by atoms with Crippen LogP contribution in [0.2, 0.25) is 5.02 Å². The van der Waals surface area contributed by atoms with Crippen molar-refractivity contribution < 1.29 is 4.74 Å². The number of halogens is 2. The molecule has 3 aliphatic rings. The van der Waals surface area contributed by atoms with Gasteiger partial charge in [-0.05, 0) is 62.4 Å². The monoisotopic (exact) mass is 413 g/mol. The lowest BCUT2D eigenvalue weighted by Crippen LogP contribution is -2.51. The van der Waals surface area contributed by atoms with Gasteiger partial charge in [-0.15, -0.1) is 12.4 Å². The Balaban J connectivity index is 0.00000210. The van der Waals surface area contributed by atoms with Gasteiger partial charge < -0.3 is 15.4 Å². The second-order valence-corrected chi connectivity index (χ2v) is 8.50. The molecule has 3 fully saturated rings. The van der Waals surface area contributed by atoms with Crippen LogP contribution in [0.3, 0.4) is 0 Å². The first-order valence-electron chi connectivity index (χ1n) is 10.4. The van der Waals surface area contributed by atoms with E-state index < -0.39 is 0 Å². The van der Waals surface area contributed by atoms with Crippen LogP contribution in [0, 0.1) is 5.92 Å². The standard InChI is InChI=1S/C21H32ClN3O.ClH/c22-17-6-3-5-16(13-17)21(25-10-1-2-11-25)14-24-19-8-4-7-18(19)20-15-26-12-9-23-20;/h3,5-6,13,18-21,23-24H,1-2,4,7-12,14-15H2;1H. The van der Waals surface area contributed by atoms with Crippen molar-refractivity contribution in [3.05, 3.63) is 34.9 Å². The first-order valence-corrected chi connectivity index (χ1v) is 10.7. The molecule has 4 nitrogen and oxygen atoms in total. The van der Waals surface area contributed by atoms with Crippen LogP contribution < -0.4 is 10.6 Å². The van der Waals surface area contributed by atoms with Gasteiger partial charge in [0.25, 0.3) is 0 Å². The lowest BCUT2D eigenvalue weighted by molar-refractivity contribution is 0.0519. The first kappa shape index (κ1) is 21.4. The van der Waals surface area contributed by atoms with Crippen LogP contribution in [-0.2, 0) is 4.74 Å². The largest absolute Gasteiger partial charge is 0.379 e. The van der Waals surface area contributed by atoms with Gasteiger partial charge in [-0.2, -0.15) is 0 Å². The fraction of sp³-hybridized carbons (Fsp3) is 0.714. The van der Waals surface area contributed by atoms with Crippen LogP contribution in [0.1, 0.15) is 43.7 Å². The molecule has 2 saturated heterocycles. The molecule has 0 amide bonds. The summed E-state index contributed by atoms with van der Waals surface area (Å²) in [5.74, 6) is 0.689. The van der Waals surface area contributed by atoms with Gasteiger partial charge in [0.15, 0.2) is 0 Å². The van der Waals surface area contributed by atoms with Gasteiger partial charge in [0.2, 0.25) is 0 Å². The number of likely N-dealkylation sites (tertiary alicyclic amines) is 1. The SMILES string of the molecule is Cl.Clc1cccc(C(CNC2CCCC2C2COCCN2)N2CCCC2)c1. The van der Waals surface area contributed by atoms with E-state index in [1.807, 2.05) is 6.07 Å². The zero-order valence-electron chi connectivity index (χ0n) is 16.0. The third-order valence-electron chi connectivity index (χ3n) is 6.42. The molecule has 4 rings (SSSR count). The van der Waals surface area contributed by atoms with Crippen LogP contribution in [0.15, 0.2) is 24.3 Å². The molecule has 4 unspecified atom stereocenters. The summed E-state index contributed by atoms with van der Waals surface area (Å²) in [4.78, 5) is 2.63. The molecule has 2 heterocycles. The quantitative estimate of drug-likeness (QED) is 0.745. The fourth-order valence-electron chi connectivity index (χ4n) is 5.07. The van der Waals surface area contributed by atoms with E-state index in [0.717, 1.165) is 31.3 Å². The van der Waals surface area contributed by atoms with Gasteiger partial charge in [0.1, 0.15) is 0 Å². The second-order valence-electron chi connectivity index (χ2n) is 8.06. The summed E-state index contributed by atoms with van der Waals surface area (Å²) >= 11 is 6.29. The van der Waals surface area contributed by atoms with Crippen molar-refractivity contribution >= 4 is 24.0 Å². The summed E-state index contributed by atoms with van der Waals surface area (Å²) in [5.41, 5.74) is 1.35. The van der Waals surface area contributed by atoms with E-state index in [-0.39, 0.29) is 12.4 Å². The number of nitrogens with one attached hydrogen (secondary N) is 2. The Kier molecular flexibility index (Phi) is 8.24. The van der Waals surface area contributed by atoms with E-state index in [1.165, 1.54) is 50.8 Å². The van der Waals surface area contributed by atoms with Crippen molar-refractivity contribution in [3.8, 4) is 0 Å². The fourth-order valence-corrected chi connectivity index (χ4v) is 5.27. The number of hydrogen-bond acceptors (Lipinski definition) is 4. The van der Waals surface area contributed by atoms with E-state index in [0.29, 0.717) is 24.0 Å². The number of rotatable bonds is 6. The average Bonchev–Trinajstić information content (AvgIpc) is 3.35. The van der Waals surface area contributed by atoms with Crippen LogP contribution in [0.4, 0.5) is 0 Å². The predicted octanol–water partition coefficient (Wildman–Crippen LogP) is 3.65. The highest BCUT2D eigenvalue weighted by Crippen LogP contribution is 2.31. The van der Waals surface area contributed by atoms with Gasteiger partial charge in [-0.1, -0.05) is 30.2 Å². The molecule has 0 aromatic heterocycles. The topological polar surface area (TPSA) is 36.5 Å². The first-order chi connectivity index (χ1) is 12.8. The minimum absolute atomic E-state index is 0. The lowest BCUT2D eigenvalue weighted by Gasteiger charge is -2.35. The Morgan fingerprint density at radius 3 is 2.81 bits per heavy atom. The van der Waals surface area contributed by atoms with E-state index in [9.17, 15) is 0 Å². The van der Waals surface area contributed by atoms with Crippen LogP contribution in [0.5, 0.6) is 0 Å². The smallest absolute Gasteiger partial charge is 0.0623 e. The predicted molar refractivity (Wildman–Crippen MR) is 114 cm³/mol. The van der Waals surface area contributed by atoms with Crippen LogP contribution in [-0.4, -0.2) is 56.4 Å². The zero-order valence-corrected chi connectivity index (χ0v) is 17.6. The van der Waals surface area contributed by atoms with Crippen LogP contribution >= 0.6 is 24.0 Å². The minimum atomic E-state index is 0. The molecule has 1 saturated carbocycles. The maximum absolute atomic E-state index is 6.29. The minimum Gasteiger partial charge on any atom is -0.379 e. The second kappa shape index (κ2) is 10.4. The van der Waals surface area contributed by atoms with E-state index >= 15 is 0 Å². The number of nitrogens with zero attached hydrogens (tertiary/aromatic N) is 1. The molecule has 0 radical (unpaired) electrons. The molecule has 27 heavy (non-hydrogen) atoms. The maximum atomic E-state index is 6.29. The lowest BCUT2D eigenvalue weighted by atomic mass is 9.93. The number of benzene rings is 1. The van der Waals surface area contributed by atoms with E-state index in [4.69, 9.17) is 16.3 Å². The average molecular weight is 414 g/mol. The van der Waals surface area contributed by atoms with Crippen molar-refractivity contribution in [2.24, 2.45) is 5.92 Å². The summed E-state index contributed by atoms with van der Waals surface area (Å²) in [6.45, 7) is 6.12. The van der Waals surface area contributed by atoms with Gasteiger partial charge in [-0.3, -0.25) is 4.90 Å². The number of hydrogen-bond donors (Lipinski definition) is 2. The van der Waals surface area contributed by atoms with Crippen molar-refractivity contribution in [3.63, 3.8) is 0 Å². The zero-order chi connectivity index (χ0) is 17.8. The molecular formula is C21H33Cl2N3O. The Morgan fingerprint density at radius 1 is 1.22 bits per heavy atom. The highest BCUT2D eigenvalue weighted by atomic mass is 35.5. The summed E-state index contributed by atoms with van der Waals surface area (Å²) < 4.78 is 5.72. The van der Waals surface area contributed by atoms with Gasteiger partial charge in [0, 0.05) is 36.2 Å². The van der Waals surface area contributed by atoms with Crippen molar-refractivity contribution in [2.75, 3.05) is 39.4 Å². The molecular weight excluding hydrogens is 381 g/mol. The maximum Gasteiger partial charge on any atom is 0.0623 e. The number of ether oxygens (including phenoxy) is 1. The van der Waals surface area contributed by atoms with Crippen molar-refractivity contribution in [1.82, 2.24) is 15.5 Å². The summed E-state index contributed by atoms with van der Waals surface area (Å²) in [7, 11) is 0. The normalized spacial score (nSPS) is 30.2. The molecule has 4 atom stereocenters. The Labute approximate surface area is 174 Å². The van der Waals surface area contributed by atoms with Gasteiger partial charge in [-0.25, -0.2) is 0 Å². The van der Waals surface area contributed by atoms with Crippen molar-refractivity contribution in [2.45, 2.75) is 50.2 Å². The van der Waals surface area contributed by atoms with E-state index in [1.54, 1.807) is 0 Å². The molecule has 0 bridgehead atoms. The molecule has 6 heteroatoms. The summed E-state index contributed by atoms with van der Waals surface area (Å²) in [5, 5.41) is 8.47. The van der Waals surface area contributed by atoms with Crippen molar-refractivity contribution in [1.29, 1.82) is 0 Å². The third-order valence-corrected chi connectivity index (χ3v) is 6.66. The number of morpholine rings is 1. The highest BCUT2D eigenvalue weighted by molar-refractivity contribution is 6.30. The molecule has 1 aromatic carbocycles. The Hall–Kier alpha value is -0.360. The molecule has 1 aliphatic carbocycles. The summed E-state index contributed by atoms with van der Waals surface area (Å²) in [6.07, 6.45) is 6.54. The highest BCUT2D eigenvalue weighted by Gasteiger charge is 2.35. The molecule has 0 spiro atoms. The third kappa shape index (κ3) is 5.37. The molecule has 1 aromatic rings. The molecule has 2 aliphatic heterocycles. The molecule has 152 valence electrons. The van der Waals surface area contributed by atoms with E-state index in [2.05, 4.69) is 33.7 Å². The summed E-state index contributed by atoms with van der Waals surface area (Å²) in [6, 6.07) is 9.98.